The van der Waals surface area contributed by atoms with Crippen LogP contribution in [0.15, 0.2) is 53.2 Å². The number of aromatic nitrogens is 2. The summed E-state index contributed by atoms with van der Waals surface area (Å²) in [6.07, 6.45) is 19.9. The highest BCUT2D eigenvalue weighted by Crippen LogP contribution is 2.43. The standard InChI is InChI=1S/C19H25N5/c1-3-18(21-12-15-8-6-4-5-7-9-15)24-19(22-14-20-2)17(13-23-24)16-10-11-16/h3-6,8-9,13-14,16,21H,7,10-12H2,1-2H3,(H,20,22). The second kappa shape index (κ2) is 7.81. The summed E-state index contributed by atoms with van der Waals surface area (Å²) in [7, 11) is 1.76. The zero-order valence-corrected chi connectivity index (χ0v) is 14.4. The lowest BCUT2D eigenvalue weighted by Crippen LogP contribution is -2.21. The highest BCUT2D eigenvalue weighted by Gasteiger charge is 2.29. The van der Waals surface area contributed by atoms with Gasteiger partial charge in [0.1, 0.15) is 11.6 Å². The van der Waals surface area contributed by atoms with Crippen LogP contribution in [0.5, 0.6) is 0 Å². The van der Waals surface area contributed by atoms with E-state index in [9.17, 15) is 0 Å². The summed E-state index contributed by atoms with van der Waals surface area (Å²) in [6, 6.07) is 0. The summed E-state index contributed by atoms with van der Waals surface area (Å²) in [5.74, 6) is 2.61. The molecule has 2 N–H and O–H groups in total. The lowest BCUT2D eigenvalue weighted by molar-refractivity contribution is 0.809. The van der Waals surface area contributed by atoms with Gasteiger partial charge in [-0.15, -0.1) is 0 Å². The summed E-state index contributed by atoms with van der Waals surface area (Å²) in [5.41, 5.74) is 2.55. The van der Waals surface area contributed by atoms with Crippen LogP contribution >= 0.6 is 0 Å². The fourth-order valence-electron chi connectivity index (χ4n) is 2.75. The summed E-state index contributed by atoms with van der Waals surface area (Å²) in [6.45, 7) is 2.80. The first-order valence-corrected chi connectivity index (χ1v) is 8.51. The average molecular weight is 323 g/mol. The zero-order valence-electron chi connectivity index (χ0n) is 14.4. The first-order chi connectivity index (χ1) is 11.8. The van der Waals surface area contributed by atoms with Gasteiger partial charge >= 0.3 is 0 Å². The molecule has 1 aromatic rings. The first kappa shape index (κ1) is 16.3. The van der Waals surface area contributed by atoms with E-state index in [1.54, 1.807) is 13.4 Å². The van der Waals surface area contributed by atoms with E-state index < -0.39 is 0 Å². The Balaban J connectivity index is 1.76. The van der Waals surface area contributed by atoms with E-state index >= 15 is 0 Å². The van der Waals surface area contributed by atoms with Gasteiger partial charge in [-0.2, -0.15) is 5.10 Å². The lowest BCUT2D eigenvalue weighted by atomic mass is 10.2. The van der Waals surface area contributed by atoms with Crippen LogP contribution in [0.1, 0.15) is 37.7 Å². The van der Waals surface area contributed by atoms with E-state index in [1.165, 1.54) is 24.0 Å². The van der Waals surface area contributed by atoms with Crippen molar-refractivity contribution in [1.82, 2.24) is 15.1 Å². The molecule has 0 saturated heterocycles. The fourth-order valence-corrected chi connectivity index (χ4v) is 2.75. The van der Waals surface area contributed by atoms with Crippen LogP contribution in [0.25, 0.3) is 5.82 Å². The van der Waals surface area contributed by atoms with E-state index in [1.807, 2.05) is 17.8 Å². The molecule has 1 heterocycles. The molecule has 0 atom stereocenters. The van der Waals surface area contributed by atoms with Crippen molar-refractivity contribution in [3.05, 3.63) is 53.8 Å². The Bertz CT molecular complexity index is 714. The molecule has 0 aromatic carbocycles. The summed E-state index contributed by atoms with van der Waals surface area (Å²) in [5, 5.41) is 11.4. The van der Waals surface area contributed by atoms with Gasteiger partial charge in [-0.25, -0.2) is 4.68 Å². The van der Waals surface area contributed by atoms with Gasteiger partial charge in [0.15, 0.2) is 0 Å². The molecule has 1 fully saturated rings. The van der Waals surface area contributed by atoms with Crippen molar-refractivity contribution in [2.45, 2.75) is 32.1 Å². The highest BCUT2D eigenvalue weighted by atomic mass is 15.4. The van der Waals surface area contributed by atoms with Crippen LogP contribution in [-0.2, 0) is 0 Å². The van der Waals surface area contributed by atoms with E-state index in [0.717, 1.165) is 24.6 Å². The first-order valence-electron chi connectivity index (χ1n) is 8.51. The molecule has 5 nitrogen and oxygen atoms in total. The van der Waals surface area contributed by atoms with Crippen molar-refractivity contribution in [2.24, 2.45) is 4.99 Å². The van der Waals surface area contributed by atoms with Crippen molar-refractivity contribution in [3.63, 3.8) is 0 Å². The molecular weight excluding hydrogens is 298 g/mol. The van der Waals surface area contributed by atoms with Crippen molar-refractivity contribution in [1.29, 1.82) is 0 Å². The fraction of sp³-hybridized carbons (Fsp3) is 0.368. The molecule has 5 heteroatoms. The molecule has 3 rings (SSSR count). The maximum atomic E-state index is 4.60. The molecule has 0 aliphatic heterocycles. The smallest absolute Gasteiger partial charge is 0.140 e. The van der Waals surface area contributed by atoms with Crippen LogP contribution in [0.4, 0.5) is 5.82 Å². The Morgan fingerprint density at radius 3 is 3.04 bits per heavy atom. The number of allylic oxidation sites excluding steroid dienone is 5. The summed E-state index contributed by atoms with van der Waals surface area (Å²) < 4.78 is 1.94. The molecule has 1 saturated carbocycles. The number of hydrogen-bond donors (Lipinski definition) is 2. The highest BCUT2D eigenvalue weighted by molar-refractivity contribution is 5.77. The zero-order chi connectivity index (χ0) is 16.8. The predicted octanol–water partition coefficient (Wildman–Crippen LogP) is 3.68. The topological polar surface area (TPSA) is 54.2 Å². The van der Waals surface area contributed by atoms with Crippen LogP contribution < -0.4 is 10.6 Å². The molecular formula is C19H25N5. The Labute approximate surface area is 143 Å². The third-order valence-corrected chi connectivity index (χ3v) is 4.19. The lowest BCUT2D eigenvalue weighted by Gasteiger charge is -2.15. The van der Waals surface area contributed by atoms with Crippen molar-refractivity contribution in [3.8, 4) is 0 Å². The number of rotatable bonds is 7. The van der Waals surface area contributed by atoms with E-state index in [0.29, 0.717) is 5.92 Å². The second-order valence-electron chi connectivity index (χ2n) is 6.00. The Morgan fingerprint density at radius 2 is 2.29 bits per heavy atom. The predicted molar refractivity (Wildman–Crippen MR) is 101 cm³/mol. The molecule has 0 bridgehead atoms. The average Bonchev–Trinajstić information content (AvgIpc) is 3.40. The summed E-state index contributed by atoms with van der Waals surface area (Å²) in [4.78, 5) is 4.05. The van der Waals surface area contributed by atoms with Crippen LogP contribution in [0, 0.1) is 0 Å². The van der Waals surface area contributed by atoms with E-state index in [4.69, 9.17) is 0 Å². The number of anilines is 1. The molecule has 2 aliphatic rings. The monoisotopic (exact) mass is 323 g/mol. The molecule has 0 spiro atoms. The number of nitrogens with one attached hydrogen (secondary N) is 2. The van der Waals surface area contributed by atoms with Crippen LogP contribution in [-0.4, -0.2) is 29.7 Å². The molecule has 0 unspecified atom stereocenters. The van der Waals surface area contributed by atoms with Crippen LogP contribution in [0.2, 0.25) is 0 Å². The SMILES string of the molecule is CC=C(NCC1=CCC=CC=C1)n1ncc(C2CC2)c1NC=NC. The molecule has 2 aliphatic carbocycles. The molecule has 0 radical (unpaired) electrons. The molecule has 24 heavy (non-hydrogen) atoms. The van der Waals surface area contributed by atoms with Crippen LogP contribution in [0.3, 0.4) is 0 Å². The molecule has 126 valence electrons. The third kappa shape index (κ3) is 3.85. The normalized spacial score (nSPS) is 17.9. The Morgan fingerprint density at radius 1 is 1.42 bits per heavy atom. The largest absolute Gasteiger partial charge is 0.366 e. The van der Waals surface area contributed by atoms with Gasteiger partial charge in [0.2, 0.25) is 0 Å². The van der Waals surface area contributed by atoms with E-state index in [-0.39, 0.29) is 0 Å². The van der Waals surface area contributed by atoms with Gasteiger partial charge in [0.05, 0.1) is 12.5 Å². The van der Waals surface area contributed by atoms with Gasteiger partial charge in [-0.1, -0.05) is 30.4 Å². The molecule has 1 aromatic heterocycles. The second-order valence-corrected chi connectivity index (χ2v) is 6.00. The maximum absolute atomic E-state index is 4.60. The third-order valence-electron chi connectivity index (χ3n) is 4.19. The minimum absolute atomic E-state index is 0.628. The van der Waals surface area contributed by atoms with Crippen molar-refractivity contribution < 1.29 is 0 Å². The maximum Gasteiger partial charge on any atom is 0.140 e. The minimum Gasteiger partial charge on any atom is -0.366 e. The van der Waals surface area contributed by atoms with Gasteiger partial charge in [-0.3, -0.25) is 4.99 Å². The van der Waals surface area contributed by atoms with Gasteiger partial charge < -0.3 is 10.6 Å². The Kier molecular flexibility index (Phi) is 5.31. The number of aliphatic imine (C=N–C) groups is 1. The number of hydrogen-bond acceptors (Lipinski definition) is 3. The summed E-state index contributed by atoms with van der Waals surface area (Å²) >= 11 is 0. The molecule has 0 amide bonds. The van der Waals surface area contributed by atoms with Gasteiger partial charge in [0, 0.05) is 19.2 Å². The quantitative estimate of drug-likeness (QED) is 0.594. The van der Waals surface area contributed by atoms with E-state index in [2.05, 4.69) is 57.2 Å². The van der Waals surface area contributed by atoms with Crippen molar-refractivity contribution >= 4 is 18.0 Å². The van der Waals surface area contributed by atoms with Gasteiger partial charge in [0.25, 0.3) is 0 Å². The minimum atomic E-state index is 0.628. The Hall–Kier alpha value is -2.56. The number of nitrogens with zero attached hydrogens (tertiary/aromatic N) is 3. The van der Waals surface area contributed by atoms with Crippen molar-refractivity contribution in [2.75, 3.05) is 18.9 Å². The van der Waals surface area contributed by atoms with Gasteiger partial charge in [-0.05, 0) is 43.8 Å².